The number of carbonyl (C=O) groups excluding carboxylic acids is 2. The summed E-state index contributed by atoms with van der Waals surface area (Å²) < 4.78 is 0. The molecule has 20 heavy (non-hydrogen) atoms. The van der Waals surface area contributed by atoms with E-state index in [4.69, 9.17) is 5.11 Å². The van der Waals surface area contributed by atoms with Crippen molar-refractivity contribution in [2.24, 2.45) is 11.3 Å². The van der Waals surface area contributed by atoms with E-state index in [9.17, 15) is 14.4 Å². The number of hydrogen-bond donors (Lipinski definition) is 2. The van der Waals surface area contributed by atoms with Crippen LogP contribution in [0.15, 0.2) is 0 Å². The molecular weight excluding hydrogens is 260 g/mol. The second-order valence-electron chi connectivity index (χ2n) is 6.53. The van der Waals surface area contributed by atoms with Crippen molar-refractivity contribution in [3.63, 3.8) is 0 Å². The van der Waals surface area contributed by atoms with E-state index in [0.717, 1.165) is 0 Å². The van der Waals surface area contributed by atoms with Crippen LogP contribution < -0.4 is 5.32 Å². The molecule has 1 saturated heterocycles. The molecule has 0 radical (unpaired) electrons. The molecule has 0 aliphatic carbocycles. The fourth-order valence-corrected chi connectivity index (χ4v) is 2.24. The van der Waals surface area contributed by atoms with Crippen LogP contribution in [-0.4, -0.2) is 47.4 Å². The minimum atomic E-state index is -0.862. The Balaban J connectivity index is 2.39. The first-order valence-corrected chi connectivity index (χ1v) is 6.96. The van der Waals surface area contributed by atoms with Crippen LogP contribution in [0.3, 0.4) is 0 Å². The van der Waals surface area contributed by atoms with Crippen LogP contribution in [0.25, 0.3) is 0 Å². The van der Waals surface area contributed by atoms with Crippen LogP contribution in [0.2, 0.25) is 0 Å². The number of carboxylic acid groups (broad SMARTS) is 1. The lowest BCUT2D eigenvalue weighted by Crippen LogP contribution is -2.46. The van der Waals surface area contributed by atoms with E-state index in [1.165, 1.54) is 4.90 Å². The minimum absolute atomic E-state index is 0.0543. The van der Waals surface area contributed by atoms with E-state index in [2.05, 4.69) is 5.32 Å². The lowest BCUT2D eigenvalue weighted by atomic mass is 9.92. The Bertz CT molecular complexity index is 387. The molecule has 0 aromatic rings. The van der Waals surface area contributed by atoms with Crippen molar-refractivity contribution >= 4 is 17.8 Å². The number of rotatable bonds is 4. The number of carboxylic acids is 1. The maximum Gasteiger partial charge on any atom is 0.308 e. The highest BCUT2D eigenvalue weighted by atomic mass is 16.4. The summed E-state index contributed by atoms with van der Waals surface area (Å²) in [7, 11) is 0. The third kappa shape index (κ3) is 5.59. The van der Waals surface area contributed by atoms with Crippen LogP contribution in [-0.2, 0) is 14.4 Å². The fraction of sp³-hybridized carbons (Fsp3) is 0.786. The summed E-state index contributed by atoms with van der Waals surface area (Å²) in [4.78, 5) is 36.1. The Morgan fingerprint density at radius 1 is 1.30 bits per heavy atom. The van der Waals surface area contributed by atoms with Gasteiger partial charge < -0.3 is 15.3 Å². The molecule has 6 heteroatoms. The molecule has 2 amide bonds. The van der Waals surface area contributed by atoms with Gasteiger partial charge in [-0.05, 0) is 18.3 Å². The first kappa shape index (κ1) is 16.5. The number of nitrogens with one attached hydrogen (secondary N) is 1. The van der Waals surface area contributed by atoms with Gasteiger partial charge in [-0.15, -0.1) is 0 Å². The van der Waals surface area contributed by atoms with E-state index >= 15 is 0 Å². The first-order valence-electron chi connectivity index (χ1n) is 6.96. The molecular formula is C14H24N2O4. The molecule has 0 aromatic carbocycles. The predicted molar refractivity (Wildman–Crippen MR) is 74.0 cm³/mol. The highest BCUT2D eigenvalue weighted by Crippen LogP contribution is 2.18. The van der Waals surface area contributed by atoms with Crippen molar-refractivity contribution in [3.8, 4) is 0 Å². The Hall–Kier alpha value is -1.59. The topological polar surface area (TPSA) is 86.7 Å². The van der Waals surface area contributed by atoms with Crippen molar-refractivity contribution in [2.75, 3.05) is 19.6 Å². The number of piperidine rings is 1. The summed E-state index contributed by atoms with van der Waals surface area (Å²) in [6.45, 7) is 6.62. The molecule has 1 fully saturated rings. The summed E-state index contributed by atoms with van der Waals surface area (Å²) in [6.07, 6.45) is 1.66. The number of carbonyl (C=O) groups is 3. The lowest BCUT2D eigenvalue weighted by molar-refractivity contribution is -0.146. The van der Waals surface area contributed by atoms with Crippen LogP contribution in [0.4, 0.5) is 0 Å². The summed E-state index contributed by atoms with van der Waals surface area (Å²) >= 11 is 0. The monoisotopic (exact) mass is 284 g/mol. The van der Waals surface area contributed by atoms with Gasteiger partial charge in [0.15, 0.2) is 0 Å². The van der Waals surface area contributed by atoms with Gasteiger partial charge in [0, 0.05) is 19.5 Å². The zero-order valence-corrected chi connectivity index (χ0v) is 12.4. The summed E-state index contributed by atoms with van der Waals surface area (Å²) in [5, 5.41) is 11.6. The van der Waals surface area contributed by atoms with Crippen molar-refractivity contribution in [1.82, 2.24) is 10.2 Å². The molecule has 114 valence electrons. The van der Waals surface area contributed by atoms with E-state index in [0.29, 0.717) is 25.8 Å². The second-order valence-corrected chi connectivity index (χ2v) is 6.53. The molecule has 1 aliphatic heterocycles. The van der Waals surface area contributed by atoms with Crippen molar-refractivity contribution in [1.29, 1.82) is 0 Å². The summed E-state index contributed by atoms with van der Waals surface area (Å²) in [6, 6.07) is 0. The molecule has 0 bridgehead atoms. The standard InChI is InChI=1S/C14H24N2O4/c1-14(2,3)7-11(17)15-8-12(18)16-6-4-5-10(9-16)13(19)20/h10H,4-9H2,1-3H3,(H,15,17)(H,19,20)/t10-/m1/s1. The molecule has 1 aliphatic rings. The molecule has 0 spiro atoms. The highest BCUT2D eigenvalue weighted by molar-refractivity contribution is 5.85. The van der Waals surface area contributed by atoms with Gasteiger partial charge in [0.2, 0.25) is 11.8 Å². The number of nitrogens with zero attached hydrogens (tertiary/aromatic N) is 1. The number of likely N-dealkylation sites (tertiary alicyclic amines) is 1. The van der Waals surface area contributed by atoms with E-state index in [1.807, 2.05) is 20.8 Å². The zero-order chi connectivity index (χ0) is 15.3. The average molecular weight is 284 g/mol. The molecule has 1 heterocycles. The van der Waals surface area contributed by atoms with Crippen LogP contribution in [0.5, 0.6) is 0 Å². The van der Waals surface area contributed by atoms with Crippen LogP contribution in [0, 0.1) is 11.3 Å². The van der Waals surface area contributed by atoms with E-state index in [-0.39, 0.29) is 30.3 Å². The first-order chi connectivity index (χ1) is 9.19. The third-order valence-electron chi connectivity index (χ3n) is 3.25. The van der Waals surface area contributed by atoms with Crippen molar-refractivity contribution < 1.29 is 19.5 Å². The number of hydrogen-bond acceptors (Lipinski definition) is 3. The summed E-state index contributed by atoms with van der Waals surface area (Å²) in [5.74, 6) is -1.71. The Morgan fingerprint density at radius 3 is 2.50 bits per heavy atom. The molecule has 0 aromatic heterocycles. The maximum absolute atomic E-state index is 12.0. The largest absolute Gasteiger partial charge is 0.481 e. The van der Waals surface area contributed by atoms with E-state index in [1.54, 1.807) is 0 Å². The average Bonchev–Trinajstić information content (AvgIpc) is 2.34. The van der Waals surface area contributed by atoms with Crippen molar-refractivity contribution in [3.05, 3.63) is 0 Å². The molecule has 0 saturated carbocycles. The molecule has 1 rings (SSSR count). The van der Waals surface area contributed by atoms with Gasteiger partial charge in [-0.25, -0.2) is 0 Å². The van der Waals surface area contributed by atoms with Gasteiger partial charge >= 0.3 is 5.97 Å². The molecule has 6 nitrogen and oxygen atoms in total. The van der Waals surface area contributed by atoms with Gasteiger partial charge in [-0.1, -0.05) is 20.8 Å². The minimum Gasteiger partial charge on any atom is -0.481 e. The van der Waals surface area contributed by atoms with Gasteiger partial charge in [0.25, 0.3) is 0 Å². The van der Waals surface area contributed by atoms with Crippen LogP contribution >= 0.6 is 0 Å². The zero-order valence-electron chi connectivity index (χ0n) is 12.4. The van der Waals surface area contributed by atoms with Gasteiger partial charge in [0.05, 0.1) is 12.5 Å². The SMILES string of the molecule is CC(C)(C)CC(=O)NCC(=O)N1CCC[C@@H](C(=O)O)C1. The van der Waals surface area contributed by atoms with Crippen LogP contribution in [0.1, 0.15) is 40.0 Å². The molecule has 0 unspecified atom stereocenters. The van der Waals surface area contributed by atoms with Crippen molar-refractivity contribution in [2.45, 2.75) is 40.0 Å². The normalized spacial score (nSPS) is 19.6. The Kier molecular flexibility index (Phi) is 5.53. The van der Waals surface area contributed by atoms with Gasteiger partial charge in [-0.3, -0.25) is 14.4 Å². The fourth-order valence-electron chi connectivity index (χ4n) is 2.24. The van der Waals surface area contributed by atoms with Gasteiger partial charge in [0.1, 0.15) is 0 Å². The van der Waals surface area contributed by atoms with E-state index < -0.39 is 11.9 Å². The smallest absolute Gasteiger partial charge is 0.308 e. The predicted octanol–water partition coefficient (Wildman–Crippen LogP) is 0.862. The Labute approximate surface area is 119 Å². The summed E-state index contributed by atoms with van der Waals surface area (Å²) in [5.41, 5.74) is -0.118. The lowest BCUT2D eigenvalue weighted by Gasteiger charge is -2.30. The highest BCUT2D eigenvalue weighted by Gasteiger charge is 2.28. The quantitative estimate of drug-likeness (QED) is 0.801. The molecule has 1 atom stereocenters. The Morgan fingerprint density at radius 2 is 1.95 bits per heavy atom. The maximum atomic E-state index is 12.0. The third-order valence-corrected chi connectivity index (χ3v) is 3.25. The number of amides is 2. The number of aliphatic carboxylic acids is 1. The van der Waals surface area contributed by atoms with Gasteiger partial charge in [-0.2, -0.15) is 0 Å². The second kappa shape index (κ2) is 6.72. The molecule has 2 N–H and O–H groups in total.